The molecule has 2 aromatic carbocycles. The van der Waals surface area contributed by atoms with Crippen LogP contribution in [-0.4, -0.2) is 35.4 Å². The molecule has 1 atom stereocenters. The lowest BCUT2D eigenvalue weighted by atomic mass is 9.97. The molecule has 27 heavy (non-hydrogen) atoms. The number of carbonyl (C=O) groups excluding carboxylic acids is 1. The number of nitrogens with zero attached hydrogens (tertiary/aromatic N) is 2. The summed E-state index contributed by atoms with van der Waals surface area (Å²) in [6.45, 7) is 3.79. The van der Waals surface area contributed by atoms with Crippen LogP contribution in [0.25, 0.3) is 10.8 Å². The molecule has 0 spiro atoms. The van der Waals surface area contributed by atoms with E-state index in [0.717, 1.165) is 42.5 Å². The Morgan fingerprint density at radius 2 is 2.00 bits per heavy atom. The van der Waals surface area contributed by atoms with Crippen LogP contribution in [0.4, 0.5) is 0 Å². The van der Waals surface area contributed by atoms with Crippen molar-refractivity contribution in [2.45, 2.75) is 19.4 Å². The molecule has 4 nitrogen and oxygen atoms in total. The van der Waals surface area contributed by atoms with Crippen LogP contribution in [0.1, 0.15) is 28.8 Å². The average molecular weight is 359 g/mol. The highest BCUT2D eigenvalue weighted by atomic mass is 16.1. The summed E-state index contributed by atoms with van der Waals surface area (Å²) in [5.41, 5.74) is 2.01. The number of hydrogen-bond acceptors (Lipinski definition) is 3. The molecule has 4 heteroatoms. The van der Waals surface area contributed by atoms with E-state index in [1.165, 1.54) is 18.4 Å². The molecule has 1 fully saturated rings. The fraction of sp³-hybridized carbons (Fsp3) is 0.304. The normalized spacial score (nSPS) is 17.7. The number of pyridine rings is 1. The highest BCUT2D eigenvalue weighted by Crippen LogP contribution is 2.20. The third-order valence-electron chi connectivity index (χ3n) is 5.32. The largest absolute Gasteiger partial charge is 0.352 e. The second-order valence-corrected chi connectivity index (χ2v) is 7.34. The summed E-state index contributed by atoms with van der Waals surface area (Å²) in [5.74, 6) is 0.519. The van der Waals surface area contributed by atoms with E-state index in [0.29, 0.717) is 5.92 Å². The van der Waals surface area contributed by atoms with Gasteiger partial charge in [0.15, 0.2) is 0 Å². The zero-order chi connectivity index (χ0) is 18.5. The molecule has 1 amide bonds. The van der Waals surface area contributed by atoms with E-state index < -0.39 is 0 Å². The standard InChI is InChI=1S/C23H25N3O/c27-23(22-11-3-9-20-8-1-2-10-21(20)22)25-15-19-7-5-13-26(17-19)16-18-6-4-12-24-14-18/h1-4,6,8-12,14,19H,5,7,13,15-17H2,(H,25,27)/t19-/m1/s1. The first-order valence-electron chi connectivity index (χ1n) is 9.67. The first-order valence-corrected chi connectivity index (χ1v) is 9.67. The summed E-state index contributed by atoms with van der Waals surface area (Å²) < 4.78 is 0. The highest BCUT2D eigenvalue weighted by Gasteiger charge is 2.21. The van der Waals surface area contributed by atoms with E-state index in [4.69, 9.17) is 0 Å². The number of benzene rings is 2. The Balaban J connectivity index is 1.36. The smallest absolute Gasteiger partial charge is 0.251 e. The molecular weight excluding hydrogens is 334 g/mol. The van der Waals surface area contributed by atoms with Crippen LogP contribution in [0.15, 0.2) is 67.0 Å². The van der Waals surface area contributed by atoms with Crippen LogP contribution in [-0.2, 0) is 6.54 Å². The molecule has 1 saturated heterocycles. The maximum absolute atomic E-state index is 12.7. The van der Waals surface area contributed by atoms with Gasteiger partial charge in [0.2, 0.25) is 0 Å². The summed E-state index contributed by atoms with van der Waals surface area (Å²) in [5, 5.41) is 5.28. The number of piperidine rings is 1. The summed E-state index contributed by atoms with van der Waals surface area (Å²) >= 11 is 0. The second-order valence-electron chi connectivity index (χ2n) is 7.34. The summed E-state index contributed by atoms with van der Waals surface area (Å²) in [7, 11) is 0. The van der Waals surface area contributed by atoms with Crippen molar-refractivity contribution in [3.8, 4) is 0 Å². The number of aromatic nitrogens is 1. The molecule has 0 bridgehead atoms. The SMILES string of the molecule is O=C(NC[C@H]1CCCN(Cc2cccnc2)C1)c1cccc2ccccc12. The molecule has 1 N–H and O–H groups in total. The number of nitrogens with one attached hydrogen (secondary N) is 1. The lowest BCUT2D eigenvalue weighted by Gasteiger charge is -2.32. The van der Waals surface area contributed by atoms with Crippen molar-refractivity contribution in [3.63, 3.8) is 0 Å². The number of likely N-dealkylation sites (tertiary alicyclic amines) is 1. The Labute approximate surface area is 160 Å². The van der Waals surface area contributed by atoms with Crippen molar-refractivity contribution in [3.05, 3.63) is 78.1 Å². The molecule has 4 rings (SSSR count). The van der Waals surface area contributed by atoms with Crippen molar-refractivity contribution in [2.75, 3.05) is 19.6 Å². The molecule has 0 aliphatic carbocycles. The van der Waals surface area contributed by atoms with Crippen molar-refractivity contribution in [2.24, 2.45) is 5.92 Å². The predicted molar refractivity (Wildman–Crippen MR) is 109 cm³/mol. The molecule has 138 valence electrons. The minimum Gasteiger partial charge on any atom is -0.352 e. The highest BCUT2D eigenvalue weighted by molar-refractivity contribution is 6.06. The fourth-order valence-electron chi connectivity index (χ4n) is 3.97. The molecule has 0 saturated carbocycles. The van der Waals surface area contributed by atoms with Crippen molar-refractivity contribution in [1.29, 1.82) is 0 Å². The quantitative estimate of drug-likeness (QED) is 0.752. The summed E-state index contributed by atoms with van der Waals surface area (Å²) in [6.07, 6.45) is 6.09. The molecular formula is C23H25N3O. The summed E-state index contributed by atoms with van der Waals surface area (Å²) in [6, 6.07) is 18.1. The van der Waals surface area contributed by atoms with Gasteiger partial charge in [-0.15, -0.1) is 0 Å². The van der Waals surface area contributed by atoms with Gasteiger partial charge >= 0.3 is 0 Å². The Bertz CT molecular complexity index is 904. The molecule has 2 heterocycles. The second kappa shape index (κ2) is 8.31. The Morgan fingerprint density at radius 3 is 2.89 bits per heavy atom. The number of amides is 1. The van der Waals surface area contributed by atoms with Gasteiger partial charge in [0.05, 0.1) is 0 Å². The molecule has 3 aromatic rings. The van der Waals surface area contributed by atoms with Gasteiger partial charge in [0, 0.05) is 37.6 Å². The third-order valence-corrected chi connectivity index (χ3v) is 5.32. The van der Waals surface area contributed by atoms with Gasteiger partial charge in [-0.2, -0.15) is 0 Å². The van der Waals surface area contributed by atoms with Crippen LogP contribution in [0.3, 0.4) is 0 Å². The maximum atomic E-state index is 12.7. The first kappa shape index (κ1) is 17.7. The maximum Gasteiger partial charge on any atom is 0.251 e. The zero-order valence-corrected chi connectivity index (χ0v) is 15.5. The van der Waals surface area contributed by atoms with Gasteiger partial charge in [-0.3, -0.25) is 14.7 Å². The number of carbonyl (C=O) groups is 1. The third kappa shape index (κ3) is 4.34. The van der Waals surface area contributed by atoms with Gasteiger partial charge in [0.1, 0.15) is 0 Å². The number of fused-ring (bicyclic) bond motifs is 1. The van der Waals surface area contributed by atoms with Gasteiger partial charge < -0.3 is 5.32 Å². The Hall–Kier alpha value is -2.72. The molecule has 1 aliphatic heterocycles. The molecule has 0 unspecified atom stereocenters. The van der Waals surface area contributed by atoms with Crippen LogP contribution in [0, 0.1) is 5.92 Å². The lowest BCUT2D eigenvalue weighted by molar-refractivity contribution is 0.0932. The van der Waals surface area contributed by atoms with Crippen molar-refractivity contribution < 1.29 is 4.79 Å². The molecule has 0 radical (unpaired) electrons. The van der Waals surface area contributed by atoms with E-state index in [1.807, 2.05) is 60.9 Å². The topological polar surface area (TPSA) is 45.2 Å². The van der Waals surface area contributed by atoms with E-state index >= 15 is 0 Å². The Kier molecular flexibility index (Phi) is 5.45. The lowest BCUT2D eigenvalue weighted by Crippen LogP contribution is -2.40. The van der Waals surface area contributed by atoms with Crippen molar-refractivity contribution >= 4 is 16.7 Å². The van der Waals surface area contributed by atoms with E-state index in [-0.39, 0.29) is 5.91 Å². The monoisotopic (exact) mass is 359 g/mol. The molecule has 1 aliphatic rings. The van der Waals surface area contributed by atoms with E-state index in [2.05, 4.69) is 21.3 Å². The zero-order valence-electron chi connectivity index (χ0n) is 15.5. The molecule has 1 aromatic heterocycles. The average Bonchev–Trinajstić information content (AvgIpc) is 2.72. The number of hydrogen-bond donors (Lipinski definition) is 1. The summed E-state index contributed by atoms with van der Waals surface area (Å²) in [4.78, 5) is 19.4. The minimum absolute atomic E-state index is 0.0242. The van der Waals surface area contributed by atoms with Crippen LogP contribution in [0.5, 0.6) is 0 Å². The van der Waals surface area contributed by atoms with Gasteiger partial charge in [-0.1, -0.05) is 42.5 Å². The van der Waals surface area contributed by atoms with Gasteiger partial charge in [-0.05, 0) is 53.8 Å². The minimum atomic E-state index is 0.0242. The van der Waals surface area contributed by atoms with E-state index in [9.17, 15) is 4.79 Å². The first-order chi connectivity index (χ1) is 13.3. The van der Waals surface area contributed by atoms with Gasteiger partial charge in [-0.25, -0.2) is 0 Å². The Morgan fingerprint density at radius 1 is 1.11 bits per heavy atom. The van der Waals surface area contributed by atoms with E-state index in [1.54, 1.807) is 0 Å². The fourth-order valence-corrected chi connectivity index (χ4v) is 3.97. The van der Waals surface area contributed by atoms with Crippen LogP contribution >= 0.6 is 0 Å². The van der Waals surface area contributed by atoms with Crippen LogP contribution < -0.4 is 5.32 Å². The van der Waals surface area contributed by atoms with Crippen LogP contribution in [0.2, 0.25) is 0 Å². The number of rotatable bonds is 5. The van der Waals surface area contributed by atoms with Gasteiger partial charge in [0.25, 0.3) is 5.91 Å². The predicted octanol–water partition coefficient (Wildman–Crippen LogP) is 3.88. The van der Waals surface area contributed by atoms with Crippen molar-refractivity contribution in [1.82, 2.24) is 15.2 Å².